The van der Waals surface area contributed by atoms with E-state index in [0.29, 0.717) is 11.8 Å². The molecule has 1 unspecified atom stereocenters. The van der Waals surface area contributed by atoms with Crippen LogP contribution in [0.25, 0.3) is 0 Å². The van der Waals surface area contributed by atoms with Gasteiger partial charge in [0.2, 0.25) is 5.95 Å². The first-order valence-electron chi connectivity index (χ1n) is 7.73. The van der Waals surface area contributed by atoms with Crippen molar-refractivity contribution in [2.75, 3.05) is 31.1 Å². The predicted molar refractivity (Wildman–Crippen MR) is 76.9 cm³/mol. The number of hydrogen-bond acceptors (Lipinski definition) is 5. The standard InChI is InChI=1S/C15H20N4O2/c20-14(21)13-11-8-18(9-12(11)13)7-10-5-16-15(17-6-10)19-3-1-2-4-19/h5-6,11-13H,1-4,7-9H2,(H,20,21)/t11-,12+,13?. The van der Waals surface area contributed by atoms with Gasteiger partial charge in [0.1, 0.15) is 0 Å². The van der Waals surface area contributed by atoms with Gasteiger partial charge in [-0.05, 0) is 24.7 Å². The molecule has 6 nitrogen and oxygen atoms in total. The van der Waals surface area contributed by atoms with Crippen molar-refractivity contribution >= 4 is 11.9 Å². The summed E-state index contributed by atoms with van der Waals surface area (Å²) in [6.07, 6.45) is 6.29. The normalized spacial score (nSPS) is 31.4. The van der Waals surface area contributed by atoms with Crippen molar-refractivity contribution in [1.29, 1.82) is 0 Å². The third-order valence-corrected chi connectivity index (χ3v) is 5.04. The zero-order chi connectivity index (χ0) is 14.4. The molecule has 1 N–H and O–H groups in total. The molecule has 1 aromatic heterocycles. The van der Waals surface area contributed by atoms with Crippen molar-refractivity contribution in [3.8, 4) is 0 Å². The van der Waals surface area contributed by atoms with Gasteiger partial charge in [-0.2, -0.15) is 0 Å². The van der Waals surface area contributed by atoms with Crippen molar-refractivity contribution in [3.63, 3.8) is 0 Å². The summed E-state index contributed by atoms with van der Waals surface area (Å²) in [6, 6.07) is 0. The second kappa shape index (κ2) is 4.94. The highest BCUT2D eigenvalue weighted by Gasteiger charge is 2.59. The summed E-state index contributed by atoms with van der Waals surface area (Å²) in [4.78, 5) is 24.5. The summed E-state index contributed by atoms with van der Waals surface area (Å²) >= 11 is 0. The second-order valence-corrected chi connectivity index (χ2v) is 6.47. The van der Waals surface area contributed by atoms with Gasteiger partial charge in [0.15, 0.2) is 0 Å². The van der Waals surface area contributed by atoms with Gasteiger partial charge in [0.25, 0.3) is 0 Å². The van der Waals surface area contributed by atoms with Crippen LogP contribution in [0.2, 0.25) is 0 Å². The van der Waals surface area contributed by atoms with Crippen LogP contribution in [0.15, 0.2) is 12.4 Å². The van der Waals surface area contributed by atoms with E-state index >= 15 is 0 Å². The molecule has 0 aromatic carbocycles. The van der Waals surface area contributed by atoms with Gasteiger partial charge < -0.3 is 10.0 Å². The molecule has 1 aliphatic carbocycles. The van der Waals surface area contributed by atoms with E-state index in [1.807, 2.05) is 12.4 Å². The average molecular weight is 288 g/mol. The van der Waals surface area contributed by atoms with E-state index in [9.17, 15) is 4.79 Å². The fraction of sp³-hybridized carbons (Fsp3) is 0.667. The number of nitrogens with zero attached hydrogens (tertiary/aromatic N) is 4. The lowest BCUT2D eigenvalue weighted by Crippen LogP contribution is -2.26. The highest BCUT2D eigenvalue weighted by molar-refractivity contribution is 5.74. The number of carboxylic acid groups (broad SMARTS) is 1. The Hall–Kier alpha value is -1.69. The Morgan fingerprint density at radius 1 is 1.19 bits per heavy atom. The summed E-state index contributed by atoms with van der Waals surface area (Å²) < 4.78 is 0. The maximum absolute atomic E-state index is 11.0. The number of aromatic nitrogens is 2. The topological polar surface area (TPSA) is 69.6 Å². The van der Waals surface area contributed by atoms with E-state index in [2.05, 4.69) is 19.8 Å². The molecule has 1 saturated carbocycles. The molecule has 3 heterocycles. The van der Waals surface area contributed by atoms with Gasteiger partial charge in [-0.1, -0.05) is 0 Å². The quantitative estimate of drug-likeness (QED) is 0.885. The van der Waals surface area contributed by atoms with Crippen molar-refractivity contribution < 1.29 is 9.90 Å². The minimum absolute atomic E-state index is 0.0879. The Kier molecular flexibility index (Phi) is 3.06. The Labute approximate surface area is 123 Å². The Bertz CT molecular complexity index is 529. The molecule has 2 saturated heterocycles. The van der Waals surface area contributed by atoms with E-state index in [-0.39, 0.29) is 5.92 Å². The summed E-state index contributed by atoms with van der Waals surface area (Å²) in [5, 5.41) is 9.03. The summed E-state index contributed by atoms with van der Waals surface area (Å²) in [5.74, 6) is 0.865. The molecule has 3 aliphatic rings. The van der Waals surface area contributed by atoms with Gasteiger partial charge in [-0.15, -0.1) is 0 Å². The first-order valence-corrected chi connectivity index (χ1v) is 7.73. The smallest absolute Gasteiger partial charge is 0.307 e. The molecule has 21 heavy (non-hydrogen) atoms. The third-order valence-electron chi connectivity index (χ3n) is 5.04. The Balaban J connectivity index is 1.33. The van der Waals surface area contributed by atoms with Gasteiger partial charge in [-0.3, -0.25) is 9.69 Å². The second-order valence-electron chi connectivity index (χ2n) is 6.47. The van der Waals surface area contributed by atoms with Crippen LogP contribution < -0.4 is 4.90 Å². The fourth-order valence-electron chi connectivity index (χ4n) is 3.88. The molecule has 0 amide bonds. The number of likely N-dealkylation sites (tertiary alicyclic amines) is 1. The van der Waals surface area contributed by atoms with Crippen molar-refractivity contribution in [2.24, 2.45) is 17.8 Å². The number of carboxylic acids is 1. The molecule has 0 radical (unpaired) electrons. The van der Waals surface area contributed by atoms with Crippen molar-refractivity contribution in [2.45, 2.75) is 19.4 Å². The predicted octanol–water partition coefficient (Wildman–Crippen LogP) is 0.839. The number of carbonyl (C=O) groups is 1. The molecule has 1 aromatic rings. The summed E-state index contributed by atoms with van der Waals surface area (Å²) in [5.41, 5.74) is 1.12. The van der Waals surface area contributed by atoms with Gasteiger partial charge >= 0.3 is 5.97 Å². The Morgan fingerprint density at radius 2 is 1.81 bits per heavy atom. The molecule has 0 bridgehead atoms. The van der Waals surface area contributed by atoms with E-state index < -0.39 is 5.97 Å². The van der Waals surface area contributed by atoms with Crippen LogP contribution in [0.4, 0.5) is 5.95 Å². The lowest BCUT2D eigenvalue weighted by atomic mass is 10.2. The monoisotopic (exact) mass is 288 g/mol. The van der Waals surface area contributed by atoms with Crippen LogP contribution in [-0.4, -0.2) is 52.1 Å². The lowest BCUT2D eigenvalue weighted by molar-refractivity contribution is -0.139. The number of aliphatic carboxylic acids is 1. The number of rotatable bonds is 4. The maximum atomic E-state index is 11.0. The number of fused-ring (bicyclic) bond motifs is 1. The minimum Gasteiger partial charge on any atom is -0.481 e. The van der Waals surface area contributed by atoms with E-state index in [1.54, 1.807) is 0 Å². The van der Waals surface area contributed by atoms with Gasteiger partial charge in [-0.25, -0.2) is 9.97 Å². The number of piperidine rings is 1. The third kappa shape index (κ3) is 2.37. The summed E-state index contributed by atoms with van der Waals surface area (Å²) in [7, 11) is 0. The zero-order valence-electron chi connectivity index (χ0n) is 12.0. The van der Waals surface area contributed by atoms with Crippen molar-refractivity contribution in [1.82, 2.24) is 14.9 Å². The molecule has 112 valence electrons. The molecule has 0 spiro atoms. The summed E-state index contributed by atoms with van der Waals surface area (Å²) in [6.45, 7) is 4.75. The Morgan fingerprint density at radius 3 is 2.38 bits per heavy atom. The molecule has 3 atom stereocenters. The molecular weight excluding hydrogens is 268 g/mol. The molecule has 4 rings (SSSR count). The van der Waals surface area contributed by atoms with Crippen LogP contribution in [0.3, 0.4) is 0 Å². The lowest BCUT2D eigenvalue weighted by Gasteiger charge is -2.19. The minimum atomic E-state index is -0.622. The highest BCUT2D eigenvalue weighted by atomic mass is 16.4. The maximum Gasteiger partial charge on any atom is 0.307 e. The number of anilines is 1. The van der Waals surface area contributed by atoms with Gasteiger partial charge in [0.05, 0.1) is 5.92 Å². The first-order chi connectivity index (χ1) is 10.2. The highest BCUT2D eigenvalue weighted by Crippen LogP contribution is 2.51. The molecular formula is C15H20N4O2. The van der Waals surface area contributed by atoms with Crippen LogP contribution in [-0.2, 0) is 11.3 Å². The zero-order valence-corrected chi connectivity index (χ0v) is 12.0. The first kappa shape index (κ1) is 13.0. The van der Waals surface area contributed by atoms with Crippen LogP contribution in [0.1, 0.15) is 18.4 Å². The largest absolute Gasteiger partial charge is 0.481 e. The van der Waals surface area contributed by atoms with E-state index in [0.717, 1.165) is 44.2 Å². The molecule has 6 heteroatoms. The van der Waals surface area contributed by atoms with E-state index in [4.69, 9.17) is 5.11 Å². The van der Waals surface area contributed by atoms with Crippen LogP contribution in [0, 0.1) is 17.8 Å². The average Bonchev–Trinajstić information content (AvgIpc) is 2.88. The van der Waals surface area contributed by atoms with E-state index in [1.165, 1.54) is 12.8 Å². The van der Waals surface area contributed by atoms with Gasteiger partial charge in [0, 0.05) is 50.7 Å². The molecule has 2 aliphatic heterocycles. The number of hydrogen-bond donors (Lipinski definition) is 1. The molecule has 3 fully saturated rings. The van der Waals surface area contributed by atoms with Crippen LogP contribution in [0.5, 0.6) is 0 Å². The SMILES string of the molecule is O=C(O)C1[C@H]2CN(Cc3cnc(N4CCCC4)nc3)C[C@@H]12. The fourth-order valence-corrected chi connectivity index (χ4v) is 3.88. The van der Waals surface area contributed by atoms with Crippen molar-refractivity contribution in [3.05, 3.63) is 18.0 Å². The van der Waals surface area contributed by atoms with Crippen LogP contribution >= 0.6 is 0 Å².